The summed E-state index contributed by atoms with van der Waals surface area (Å²) in [5.41, 5.74) is 0.968. The lowest BCUT2D eigenvalue weighted by molar-refractivity contribution is -0.384. The Bertz CT molecular complexity index is 429. The monoisotopic (exact) mass is 251 g/mol. The third kappa shape index (κ3) is 3.81. The molecule has 1 aromatic carbocycles. The van der Waals surface area contributed by atoms with E-state index >= 15 is 0 Å². The van der Waals surface area contributed by atoms with E-state index in [-0.39, 0.29) is 17.6 Å². The molecule has 0 aromatic heterocycles. The fraction of sp³-hybridized carbons (Fsp3) is 0.417. The molecule has 0 radical (unpaired) electrons. The molecule has 0 aliphatic heterocycles. The van der Waals surface area contributed by atoms with Gasteiger partial charge in [0.1, 0.15) is 0 Å². The van der Waals surface area contributed by atoms with Crippen molar-refractivity contribution < 1.29 is 9.72 Å². The number of nitrogens with zero attached hydrogens (tertiary/aromatic N) is 2. The molecular weight excluding hydrogens is 234 g/mol. The number of likely N-dealkylation sites (N-methyl/N-ethyl adjacent to an activating group) is 1. The molecule has 0 spiro atoms. The van der Waals surface area contributed by atoms with E-state index in [0.717, 1.165) is 5.56 Å². The van der Waals surface area contributed by atoms with E-state index < -0.39 is 4.92 Å². The number of non-ortho nitro benzene ring substituents is 1. The van der Waals surface area contributed by atoms with Crippen LogP contribution in [0.4, 0.5) is 5.69 Å². The van der Waals surface area contributed by atoms with E-state index in [4.69, 9.17) is 0 Å². The van der Waals surface area contributed by atoms with Gasteiger partial charge in [-0.3, -0.25) is 14.9 Å². The van der Waals surface area contributed by atoms with Crippen LogP contribution in [-0.2, 0) is 11.3 Å². The topological polar surface area (TPSA) is 75.5 Å². The molecular formula is C12H17N3O3. The summed E-state index contributed by atoms with van der Waals surface area (Å²) in [6.45, 7) is 2.28. The quantitative estimate of drug-likeness (QED) is 0.629. The number of hydrogen-bond acceptors (Lipinski definition) is 4. The number of nitro groups is 1. The van der Waals surface area contributed by atoms with Crippen LogP contribution < -0.4 is 5.32 Å². The summed E-state index contributed by atoms with van der Waals surface area (Å²) in [7, 11) is 3.40. The maximum atomic E-state index is 11.6. The van der Waals surface area contributed by atoms with Crippen molar-refractivity contribution in [3.05, 3.63) is 39.9 Å². The summed E-state index contributed by atoms with van der Waals surface area (Å²) in [5.74, 6) is -0.00286. The van der Waals surface area contributed by atoms with Gasteiger partial charge in [0.15, 0.2) is 0 Å². The number of benzene rings is 1. The van der Waals surface area contributed by atoms with Gasteiger partial charge < -0.3 is 10.2 Å². The van der Waals surface area contributed by atoms with Crippen LogP contribution in [0, 0.1) is 10.1 Å². The maximum Gasteiger partial charge on any atom is 0.269 e. The molecule has 6 nitrogen and oxygen atoms in total. The second-order valence-electron chi connectivity index (χ2n) is 4.26. The molecule has 0 saturated carbocycles. The summed E-state index contributed by atoms with van der Waals surface area (Å²) in [5, 5.41) is 13.5. The van der Waals surface area contributed by atoms with E-state index in [1.165, 1.54) is 17.0 Å². The third-order valence-electron chi connectivity index (χ3n) is 2.57. The van der Waals surface area contributed by atoms with Crippen LogP contribution in [0.2, 0.25) is 0 Å². The van der Waals surface area contributed by atoms with Gasteiger partial charge in [0.05, 0.1) is 11.0 Å². The first kappa shape index (κ1) is 14.1. The van der Waals surface area contributed by atoms with E-state index in [2.05, 4.69) is 5.32 Å². The van der Waals surface area contributed by atoms with Gasteiger partial charge in [0.2, 0.25) is 5.91 Å². The highest BCUT2D eigenvalue weighted by Gasteiger charge is 2.13. The number of nitro benzene ring substituents is 1. The van der Waals surface area contributed by atoms with Gasteiger partial charge in [-0.2, -0.15) is 0 Å². The lowest BCUT2D eigenvalue weighted by Crippen LogP contribution is -2.41. The molecule has 0 fully saturated rings. The van der Waals surface area contributed by atoms with Gasteiger partial charge in [-0.25, -0.2) is 0 Å². The minimum absolute atomic E-state index is 0.00286. The van der Waals surface area contributed by atoms with Gasteiger partial charge in [-0.05, 0) is 12.5 Å². The predicted octanol–water partition coefficient (Wildman–Crippen LogP) is 1.16. The second-order valence-corrected chi connectivity index (χ2v) is 4.26. The van der Waals surface area contributed by atoms with Crippen molar-refractivity contribution >= 4 is 11.6 Å². The Morgan fingerprint density at radius 1 is 1.39 bits per heavy atom. The van der Waals surface area contributed by atoms with E-state index in [1.807, 2.05) is 0 Å². The average Bonchev–Trinajstić information content (AvgIpc) is 2.35. The highest BCUT2D eigenvalue weighted by atomic mass is 16.6. The van der Waals surface area contributed by atoms with E-state index in [9.17, 15) is 14.9 Å². The molecule has 0 aliphatic carbocycles. The Balaban J connectivity index is 2.53. The lowest BCUT2D eigenvalue weighted by atomic mass is 10.2. The Morgan fingerprint density at radius 2 is 1.94 bits per heavy atom. The highest BCUT2D eigenvalue weighted by Crippen LogP contribution is 2.11. The Hall–Kier alpha value is -1.95. The molecule has 1 N–H and O–H groups in total. The van der Waals surface area contributed by atoms with Gasteiger partial charge in [-0.1, -0.05) is 12.1 Å². The molecule has 0 saturated heterocycles. The standard InChI is InChI=1S/C12H17N3O3/c1-9(12(16)14(2)3)13-8-10-4-6-11(7-5-10)15(17)18/h4-7,9,13H,8H2,1-3H3. The fourth-order valence-corrected chi connectivity index (χ4v) is 1.48. The van der Waals surface area contributed by atoms with Gasteiger partial charge >= 0.3 is 0 Å². The van der Waals surface area contributed by atoms with Crippen LogP contribution in [0.5, 0.6) is 0 Å². The molecule has 1 rings (SSSR count). The average molecular weight is 251 g/mol. The Morgan fingerprint density at radius 3 is 2.39 bits per heavy atom. The van der Waals surface area contributed by atoms with Crippen molar-refractivity contribution in [3.8, 4) is 0 Å². The molecule has 0 aliphatic rings. The summed E-state index contributed by atoms with van der Waals surface area (Å²) in [4.78, 5) is 23.2. The minimum Gasteiger partial charge on any atom is -0.347 e. The number of carbonyl (C=O) groups is 1. The van der Waals surface area contributed by atoms with Crippen LogP contribution in [0.25, 0.3) is 0 Å². The molecule has 0 heterocycles. The van der Waals surface area contributed by atoms with Crippen molar-refractivity contribution in [1.29, 1.82) is 0 Å². The third-order valence-corrected chi connectivity index (χ3v) is 2.57. The number of hydrogen-bond donors (Lipinski definition) is 1. The molecule has 1 amide bonds. The first-order valence-electron chi connectivity index (χ1n) is 5.59. The molecule has 98 valence electrons. The molecule has 1 unspecified atom stereocenters. The number of carbonyl (C=O) groups excluding carboxylic acids is 1. The smallest absolute Gasteiger partial charge is 0.269 e. The van der Waals surface area contributed by atoms with E-state index in [1.54, 1.807) is 33.2 Å². The van der Waals surface area contributed by atoms with Gasteiger partial charge in [0.25, 0.3) is 5.69 Å². The normalized spacial score (nSPS) is 11.9. The first-order valence-corrected chi connectivity index (χ1v) is 5.59. The van der Waals surface area contributed by atoms with Gasteiger partial charge in [-0.15, -0.1) is 0 Å². The number of amides is 1. The summed E-state index contributed by atoms with van der Waals surface area (Å²) in [6.07, 6.45) is 0. The Kier molecular flexibility index (Phi) is 4.79. The summed E-state index contributed by atoms with van der Waals surface area (Å²) < 4.78 is 0. The second kappa shape index (κ2) is 6.11. The van der Waals surface area contributed by atoms with Crippen LogP contribution >= 0.6 is 0 Å². The zero-order valence-electron chi connectivity index (χ0n) is 10.7. The van der Waals surface area contributed by atoms with Crippen molar-refractivity contribution in [3.63, 3.8) is 0 Å². The predicted molar refractivity (Wildman–Crippen MR) is 68.1 cm³/mol. The van der Waals surface area contributed by atoms with Crippen molar-refractivity contribution in [2.75, 3.05) is 14.1 Å². The van der Waals surface area contributed by atoms with Crippen molar-refractivity contribution in [2.45, 2.75) is 19.5 Å². The zero-order valence-corrected chi connectivity index (χ0v) is 10.7. The zero-order chi connectivity index (χ0) is 13.7. The van der Waals surface area contributed by atoms with Crippen molar-refractivity contribution in [2.24, 2.45) is 0 Å². The summed E-state index contributed by atoms with van der Waals surface area (Å²) in [6, 6.07) is 5.98. The fourth-order valence-electron chi connectivity index (χ4n) is 1.48. The highest BCUT2D eigenvalue weighted by molar-refractivity contribution is 5.80. The van der Waals surface area contributed by atoms with Crippen LogP contribution in [0.15, 0.2) is 24.3 Å². The lowest BCUT2D eigenvalue weighted by Gasteiger charge is -2.17. The van der Waals surface area contributed by atoms with Crippen LogP contribution in [0.3, 0.4) is 0 Å². The van der Waals surface area contributed by atoms with Crippen molar-refractivity contribution in [1.82, 2.24) is 10.2 Å². The molecule has 0 bridgehead atoms. The number of nitrogens with one attached hydrogen (secondary N) is 1. The van der Waals surface area contributed by atoms with Crippen LogP contribution in [-0.4, -0.2) is 35.9 Å². The molecule has 18 heavy (non-hydrogen) atoms. The van der Waals surface area contributed by atoms with Gasteiger partial charge in [0, 0.05) is 32.8 Å². The molecule has 6 heteroatoms. The van der Waals surface area contributed by atoms with E-state index in [0.29, 0.717) is 6.54 Å². The molecule has 1 atom stereocenters. The Labute approximate surface area is 106 Å². The largest absolute Gasteiger partial charge is 0.347 e. The number of rotatable bonds is 5. The minimum atomic E-state index is -0.435. The first-order chi connectivity index (χ1) is 8.41. The van der Waals surface area contributed by atoms with Crippen LogP contribution in [0.1, 0.15) is 12.5 Å². The SMILES string of the molecule is CC(NCc1ccc([N+](=O)[O-])cc1)C(=O)N(C)C. The molecule has 1 aromatic rings. The maximum absolute atomic E-state index is 11.6. The summed E-state index contributed by atoms with van der Waals surface area (Å²) >= 11 is 0.